The molecule has 0 aliphatic carbocycles. The summed E-state index contributed by atoms with van der Waals surface area (Å²) in [4.78, 5) is 11.1. The zero-order valence-electron chi connectivity index (χ0n) is 9.52. The summed E-state index contributed by atoms with van der Waals surface area (Å²) in [5.41, 5.74) is 2.10. The van der Waals surface area contributed by atoms with E-state index in [-0.39, 0.29) is 0 Å². The lowest BCUT2D eigenvalue weighted by Gasteiger charge is -2.20. The zero-order chi connectivity index (χ0) is 11.5. The maximum absolute atomic E-state index is 4.44. The number of hydrogen-bond acceptors (Lipinski definition) is 3. The van der Waals surface area contributed by atoms with Gasteiger partial charge in [-0.1, -0.05) is 15.9 Å². The van der Waals surface area contributed by atoms with Gasteiger partial charge in [-0.25, -0.2) is 9.97 Å². The average molecular weight is 283 g/mol. The first-order valence-electron chi connectivity index (χ1n) is 5.35. The molecule has 0 radical (unpaired) electrons. The van der Waals surface area contributed by atoms with E-state index in [1.54, 1.807) is 0 Å². The maximum atomic E-state index is 4.44. The summed E-state index contributed by atoms with van der Waals surface area (Å²) in [6.45, 7) is 4.01. The Morgan fingerprint density at radius 3 is 2.94 bits per heavy atom. The topological polar surface area (TPSA) is 34.0 Å². The molecule has 0 amide bonds. The molecule has 2 heterocycles. The molecule has 2 aromatic rings. The SMILES string of the molecule is CCN(CCBr)c1nccc2c1ncn2C. The molecule has 0 aromatic carbocycles. The van der Waals surface area contributed by atoms with Gasteiger partial charge in [0, 0.05) is 31.7 Å². The lowest BCUT2D eigenvalue weighted by atomic mass is 10.3. The Bertz CT molecular complexity index is 480. The van der Waals surface area contributed by atoms with E-state index in [4.69, 9.17) is 0 Å². The predicted octanol–water partition coefficient (Wildman–Crippen LogP) is 2.19. The van der Waals surface area contributed by atoms with Gasteiger partial charge >= 0.3 is 0 Å². The van der Waals surface area contributed by atoms with Gasteiger partial charge in [0.2, 0.25) is 0 Å². The van der Waals surface area contributed by atoms with Gasteiger partial charge in [0.25, 0.3) is 0 Å². The molecule has 0 saturated carbocycles. The van der Waals surface area contributed by atoms with Crippen molar-refractivity contribution in [3.63, 3.8) is 0 Å². The molecule has 0 atom stereocenters. The fourth-order valence-corrected chi connectivity index (χ4v) is 2.22. The van der Waals surface area contributed by atoms with Gasteiger partial charge in [-0.3, -0.25) is 0 Å². The first kappa shape index (κ1) is 11.4. The molecule has 0 aliphatic rings. The normalized spacial score (nSPS) is 10.9. The molecular formula is C11H15BrN4. The third-order valence-electron chi connectivity index (χ3n) is 2.66. The van der Waals surface area contributed by atoms with Crippen LogP contribution in [0.2, 0.25) is 0 Å². The summed E-state index contributed by atoms with van der Waals surface area (Å²) in [5.74, 6) is 0.972. The van der Waals surface area contributed by atoms with E-state index in [9.17, 15) is 0 Å². The highest BCUT2D eigenvalue weighted by Crippen LogP contribution is 2.22. The monoisotopic (exact) mass is 282 g/mol. The predicted molar refractivity (Wildman–Crippen MR) is 70.2 cm³/mol. The van der Waals surface area contributed by atoms with Crippen LogP contribution in [0.15, 0.2) is 18.6 Å². The Kier molecular flexibility index (Phi) is 3.43. The Labute approximate surface area is 103 Å². The Balaban J connectivity index is 2.50. The lowest BCUT2D eigenvalue weighted by molar-refractivity contribution is 0.858. The second-order valence-electron chi connectivity index (χ2n) is 3.63. The maximum Gasteiger partial charge on any atom is 0.156 e. The number of imidazole rings is 1. The van der Waals surface area contributed by atoms with Crippen LogP contribution in [0.5, 0.6) is 0 Å². The van der Waals surface area contributed by atoms with E-state index in [0.29, 0.717) is 0 Å². The van der Waals surface area contributed by atoms with Crippen molar-refractivity contribution >= 4 is 32.8 Å². The van der Waals surface area contributed by atoms with Crippen molar-refractivity contribution in [2.24, 2.45) is 7.05 Å². The minimum Gasteiger partial charge on any atom is -0.354 e. The lowest BCUT2D eigenvalue weighted by Crippen LogP contribution is -2.26. The molecule has 4 nitrogen and oxygen atoms in total. The number of rotatable bonds is 4. The number of halogens is 1. The summed E-state index contributed by atoms with van der Waals surface area (Å²) >= 11 is 3.46. The van der Waals surface area contributed by atoms with Gasteiger partial charge in [-0.15, -0.1) is 0 Å². The highest BCUT2D eigenvalue weighted by molar-refractivity contribution is 9.09. The van der Waals surface area contributed by atoms with Crippen molar-refractivity contribution in [2.75, 3.05) is 23.3 Å². The highest BCUT2D eigenvalue weighted by atomic mass is 79.9. The molecule has 2 aromatic heterocycles. The molecule has 2 rings (SSSR count). The Hall–Kier alpha value is -1.10. The number of fused-ring (bicyclic) bond motifs is 1. The summed E-state index contributed by atoms with van der Waals surface area (Å²) in [6.07, 6.45) is 3.67. The summed E-state index contributed by atoms with van der Waals surface area (Å²) in [7, 11) is 2.00. The fourth-order valence-electron chi connectivity index (χ4n) is 1.80. The number of aryl methyl sites for hydroxylation is 1. The van der Waals surface area contributed by atoms with Crippen LogP contribution in [-0.2, 0) is 7.05 Å². The van der Waals surface area contributed by atoms with Crippen molar-refractivity contribution in [3.05, 3.63) is 18.6 Å². The van der Waals surface area contributed by atoms with Crippen molar-refractivity contribution in [3.8, 4) is 0 Å². The third kappa shape index (κ3) is 1.91. The van der Waals surface area contributed by atoms with E-state index in [1.165, 1.54) is 0 Å². The number of anilines is 1. The number of alkyl halides is 1. The van der Waals surface area contributed by atoms with Crippen LogP contribution in [0, 0.1) is 0 Å². The van der Waals surface area contributed by atoms with Crippen LogP contribution in [0.25, 0.3) is 11.0 Å². The molecule has 0 saturated heterocycles. The smallest absolute Gasteiger partial charge is 0.156 e. The molecule has 0 bridgehead atoms. The molecule has 5 heteroatoms. The molecular weight excluding hydrogens is 268 g/mol. The Morgan fingerprint density at radius 2 is 2.25 bits per heavy atom. The van der Waals surface area contributed by atoms with Gasteiger partial charge in [-0.2, -0.15) is 0 Å². The van der Waals surface area contributed by atoms with Crippen LogP contribution in [0.3, 0.4) is 0 Å². The summed E-state index contributed by atoms with van der Waals surface area (Å²) < 4.78 is 2.02. The standard InChI is InChI=1S/C11H15BrN4/c1-3-16(7-5-12)11-10-9(4-6-13-11)15(2)8-14-10/h4,6,8H,3,5,7H2,1-2H3. The van der Waals surface area contributed by atoms with Crippen LogP contribution in [0.1, 0.15) is 6.92 Å². The Morgan fingerprint density at radius 1 is 1.44 bits per heavy atom. The zero-order valence-corrected chi connectivity index (χ0v) is 11.1. The molecule has 0 unspecified atom stereocenters. The van der Waals surface area contributed by atoms with E-state index < -0.39 is 0 Å². The average Bonchev–Trinajstić information content (AvgIpc) is 2.68. The summed E-state index contributed by atoms with van der Waals surface area (Å²) in [6, 6.07) is 1.99. The first-order chi connectivity index (χ1) is 7.77. The van der Waals surface area contributed by atoms with E-state index in [0.717, 1.165) is 35.3 Å². The molecule has 0 aliphatic heterocycles. The number of pyridine rings is 1. The second-order valence-corrected chi connectivity index (χ2v) is 4.42. The molecule has 0 N–H and O–H groups in total. The van der Waals surface area contributed by atoms with Crippen molar-refractivity contribution in [1.29, 1.82) is 0 Å². The highest BCUT2D eigenvalue weighted by Gasteiger charge is 2.12. The van der Waals surface area contributed by atoms with E-state index >= 15 is 0 Å². The third-order valence-corrected chi connectivity index (χ3v) is 3.01. The van der Waals surface area contributed by atoms with Gasteiger partial charge in [0.05, 0.1) is 11.8 Å². The molecule has 0 fully saturated rings. The largest absolute Gasteiger partial charge is 0.354 e. The minimum absolute atomic E-state index is 0.936. The fraction of sp³-hybridized carbons (Fsp3) is 0.455. The van der Waals surface area contributed by atoms with Crippen molar-refractivity contribution in [1.82, 2.24) is 14.5 Å². The first-order valence-corrected chi connectivity index (χ1v) is 6.47. The number of hydrogen-bond donors (Lipinski definition) is 0. The summed E-state index contributed by atoms with van der Waals surface area (Å²) in [5, 5.41) is 0.936. The van der Waals surface area contributed by atoms with Crippen molar-refractivity contribution in [2.45, 2.75) is 6.92 Å². The van der Waals surface area contributed by atoms with Gasteiger partial charge in [-0.05, 0) is 13.0 Å². The van der Waals surface area contributed by atoms with Crippen LogP contribution in [0.4, 0.5) is 5.82 Å². The quantitative estimate of drug-likeness (QED) is 0.807. The molecule has 0 spiro atoms. The minimum atomic E-state index is 0.936. The number of nitrogens with zero attached hydrogens (tertiary/aromatic N) is 4. The number of aromatic nitrogens is 3. The second kappa shape index (κ2) is 4.82. The van der Waals surface area contributed by atoms with Crippen LogP contribution in [-0.4, -0.2) is 33.0 Å². The van der Waals surface area contributed by atoms with Gasteiger partial charge in [0.1, 0.15) is 5.52 Å². The van der Waals surface area contributed by atoms with E-state index in [2.05, 4.69) is 37.7 Å². The van der Waals surface area contributed by atoms with Crippen LogP contribution < -0.4 is 4.90 Å². The van der Waals surface area contributed by atoms with Crippen molar-refractivity contribution < 1.29 is 0 Å². The van der Waals surface area contributed by atoms with E-state index in [1.807, 2.05) is 30.2 Å². The van der Waals surface area contributed by atoms with Gasteiger partial charge < -0.3 is 9.47 Å². The van der Waals surface area contributed by atoms with Gasteiger partial charge in [0.15, 0.2) is 5.82 Å². The van der Waals surface area contributed by atoms with Crippen LogP contribution >= 0.6 is 15.9 Å². The molecule has 86 valence electrons. The molecule has 16 heavy (non-hydrogen) atoms.